The Labute approximate surface area is 79.7 Å². The summed E-state index contributed by atoms with van der Waals surface area (Å²) in [6.07, 6.45) is 3.18. The Kier molecular flexibility index (Phi) is 3.55. The minimum Gasteiger partial charge on any atom is -0.358 e. The standard InChI is InChI=1S/C8H8BrN3/c1-2-3-4-11-8-7(9)5-10-6-12-8/h5-6H,4H2,1H3,(H,10,11,12). The quantitative estimate of drug-likeness (QED) is 0.779. The fraction of sp³-hybridized carbons (Fsp3) is 0.250. The van der Waals surface area contributed by atoms with E-state index < -0.39 is 0 Å². The van der Waals surface area contributed by atoms with Crippen LogP contribution in [0.15, 0.2) is 17.0 Å². The number of hydrogen-bond donors (Lipinski definition) is 1. The van der Waals surface area contributed by atoms with E-state index in [4.69, 9.17) is 0 Å². The van der Waals surface area contributed by atoms with E-state index in [9.17, 15) is 0 Å². The van der Waals surface area contributed by atoms with Crippen LogP contribution >= 0.6 is 15.9 Å². The Morgan fingerprint density at radius 2 is 2.50 bits per heavy atom. The van der Waals surface area contributed by atoms with Gasteiger partial charge in [0.1, 0.15) is 12.1 Å². The average molecular weight is 226 g/mol. The van der Waals surface area contributed by atoms with Crippen LogP contribution in [0.5, 0.6) is 0 Å². The molecule has 0 unspecified atom stereocenters. The van der Waals surface area contributed by atoms with Crippen molar-refractivity contribution in [3.8, 4) is 11.8 Å². The maximum absolute atomic E-state index is 4.01. The fourth-order valence-corrected chi connectivity index (χ4v) is 1.02. The van der Waals surface area contributed by atoms with Crippen molar-refractivity contribution in [2.45, 2.75) is 6.92 Å². The summed E-state index contributed by atoms with van der Waals surface area (Å²) in [5.41, 5.74) is 0. The molecule has 4 heteroatoms. The number of nitrogens with zero attached hydrogens (tertiary/aromatic N) is 2. The first kappa shape index (κ1) is 9.01. The Hall–Kier alpha value is -1.08. The van der Waals surface area contributed by atoms with Crippen molar-refractivity contribution in [3.63, 3.8) is 0 Å². The zero-order valence-corrected chi connectivity index (χ0v) is 8.22. The van der Waals surface area contributed by atoms with Crippen LogP contribution in [-0.2, 0) is 0 Å². The zero-order valence-electron chi connectivity index (χ0n) is 6.63. The first-order valence-electron chi connectivity index (χ1n) is 3.43. The molecule has 0 fully saturated rings. The van der Waals surface area contributed by atoms with E-state index in [0.717, 1.165) is 10.3 Å². The van der Waals surface area contributed by atoms with Crippen LogP contribution in [0.4, 0.5) is 5.82 Å². The molecular formula is C8H8BrN3. The lowest BCUT2D eigenvalue weighted by atomic mass is 10.5. The summed E-state index contributed by atoms with van der Waals surface area (Å²) < 4.78 is 0.850. The third-order valence-corrected chi connectivity index (χ3v) is 1.77. The van der Waals surface area contributed by atoms with Crippen LogP contribution in [-0.4, -0.2) is 16.5 Å². The molecule has 1 heterocycles. The number of hydrogen-bond acceptors (Lipinski definition) is 3. The van der Waals surface area contributed by atoms with Gasteiger partial charge in [0, 0.05) is 6.20 Å². The van der Waals surface area contributed by atoms with Gasteiger partial charge in [0.15, 0.2) is 0 Å². The second-order valence-corrected chi connectivity index (χ2v) is 2.85. The van der Waals surface area contributed by atoms with Gasteiger partial charge in [-0.25, -0.2) is 9.97 Å². The van der Waals surface area contributed by atoms with E-state index in [0.29, 0.717) is 6.54 Å². The minimum absolute atomic E-state index is 0.603. The van der Waals surface area contributed by atoms with Crippen LogP contribution in [0.1, 0.15) is 6.92 Å². The lowest BCUT2D eigenvalue weighted by molar-refractivity contribution is 1.13. The Bertz CT molecular complexity index is 314. The molecule has 0 amide bonds. The molecule has 12 heavy (non-hydrogen) atoms. The van der Waals surface area contributed by atoms with Gasteiger partial charge < -0.3 is 5.32 Å². The van der Waals surface area contributed by atoms with Gasteiger partial charge >= 0.3 is 0 Å². The molecule has 3 nitrogen and oxygen atoms in total. The van der Waals surface area contributed by atoms with Crippen LogP contribution in [0.3, 0.4) is 0 Å². The molecule has 0 spiro atoms. The van der Waals surface area contributed by atoms with Gasteiger partial charge in [0.2, 0.25) is 0 Å². The van der Waals surface area contributed by atoms with E-state index >= 15 is 0 Å². The Balaban J connectivity index is 2.61. The highest BCUT2D eigenvalue weighted by Gasteiger charge is 1.96. The van der Waals surface area contributed by atoms with Crippen LogP contribution in [0.2, 0.25) is 0 Å². The van der Waals surface area contributed by atoms with E-state index in [2.05, 4.69) is 43.1 Å². The summed E-state index contributed by atoms with van der Waals surface area (Å²) in [4.78, 5) is 7.85. The Morgan fingerprint density at radius 1 is 1.67 bits per heavy atom. The number of aromatic nitrogens is 2. The third-order valence-electron chi connectivity index (χ3n) is 1.19. The molecule has 0 saturated carbocycles. The van der Waals surface area contributed by atoms with Crippen molar-refractivity contribution in [2.75, 3.05) is 11.9 Å². The van der Waals surface area contributed by atoms with Crippen molar-refractivity contribution >= 4 is 21.7 Å². The molecule has 0 bridgehead atoms. The second-order valence-electron chi connectivity index (χ2n) is 2.00. The number of rotatable bonds is 2. The number of halogens is 1. The van der Waals surface area contributed by atoms with Crippen molar-refractivity contribution in [2.24, 2.45) is 0 Å². The fourth-order valence-electron chi connectivity index (χ4n) is 0.659. The van der Waals surface area contributed by atoms with Crippen LogP contribution in [0.25, 0.3) is 0 Å². The topological polar surface area (TPSA) is 37.8 Å². The van der Waals surface area contributed by atoms with Gasteiger partial charge in [0.05, 0.1) is 11.0 Å². The van der Waals surface area contributed by atoms with E-state index in [1.807, 2.05) is 0 Å². The largest absolute Gasteiger partial charge is 0.358 e. The molecule has 0 aliphatic rings. The van der Waals surface area contributed by atoms with Gasteiger partial charge in [0.25, 0.3) is 0 Å². The summed E-state index contributed by atoms with van der Waals surface area (Å²) in [6, 6.07) is 0. The summed E-state index contributed by atoms with van der Waals surface area (Å²) in [5, 5.41) is 3.04. The minimum atomic E-state index is 0.603. The van der Waals surface area contributed by atoms with Crippen LogP contribution in [0, 0.1) is 11.8 Å². The molecule has 62 valence electrons. The van der Waals surface area contributed by atoms with E-state index in [-0.39, 0.29) is 0 Å². The normalized spacial score (nSPS) is 8.50. The first-order valence-corrected chi connectivity index (χ1v) is 4.23. The van der Waals surface area contributed by atoms with Gasteiger partial charge in [-0.05, 0) is 22.9 Å². The second kappa shape index (κ2) is 4.73. The smallest absolute Gasteiger partial charge is 0.144 e. The number of anilines is 1. The first-order chi connectivity index (χ1) is 5.84. The SMILES string of the molecule is CC#CCNc1ncncc1Br. The molecule has 1 aromatic heterocycles. The number of nitrogens with one attached hydrogen (secondary N) is 1. The van der Waals surface area contributed by atoms with Gasteiger partial charge in [-0.15, -0.1) is 5.92 Å². The molecular weight excluding hydrogens is 218 g/mol. The Morgan fingerprint density at radius 3 is 3.17 bits per heavy atom. The summed E-state index contributed by atoms with van der Waals surface area (Å²) in [6.45, 7) is 2.41. The van der Waals surface area contributed by atoms with Gasteiger partial charge in [-0.2, -0.15) is 0 Å². The highest BCUT2D eigenvalue weighted by Crippen LogP contribution is 2.16. The highest BCUT2D eigenvalue weighted by molar-refractivity contribution is 9.10. The average Bonchev–Trinajstić information content (AvgIpc) is 2.09. The maximum Gasteiger partial charge on any atom is 0.144 e. The lowest BCUT2D eigenvalue weighted by Gasteiger charge is -2.01. The molecule has 0 saturated heterocycles. The highest BCUT2D eigenvalue weighted by atomic mass is 79.9. The lowest BCUT2D eigenvalue weighted by Crippen LogP contribution is -2.01. The maximum atomic E-state index is 4.01. The molecule has 0 aromatic carbocycles. The molecule has 0 radical (unpaired) electrons. The van der Waals surface area contributed by atoms with Gasteiger partial charge in [-0.3, -0.25) is 0 Å². The third kappa shape index (κ3) is 2.51. The summed E-state index contributed by atoms with van der Waals surface area (Å²) >= 11 is 3.31. The van der Waals surface area contributed by atoms with Crippen molar-refractivity contribution in [1.82, 2.24) is 9.97 Å². The van der Waals surface area contributed by atoms with Crippen molar-refractivity contribution in [1.29, 1.82) is 0 Å². The van der Waals surface area contributed by atoms with Crippen molar-refractivity contribution in [3.05, 3.63) is 17.0 Å². The molecule has 0 atom stereocenters. The zero-order chi connectivity index (χ0) is 8.81. The molecule has 1 aromatic rings. The molecule has 0 aliphatic carbocycles. The van der Waals surface area contributed by atoms with E-state index in [1.165, 1.54) is 6.33 Å². The monoisotopic (exact) mass is 225 g/mol. The predicted molar refractivity (Wildman–Crippen MR) is 51.7 cm³/mol. The van der Waals surface area contributed by atoms with Crippen LogP contribution < -0.4 is 5.32 Å². The van der Waals surface area contributed by atoms with Crippen molar-refractivity contribution < 1.29 is 0 Å². The molecule has 1 rings (SSSR count). The summed E-state index contributed by atoms with van der Waals surface area (Å²) in [5.74, 6) is 6.44. The van der Waals surface area contributed by atoms with Gasteiger partial charge in [-0.1, -0.05) is 5.92 Å². The summed E-state index contributed by atoms with van der Waals surface area (Å²) in [7, 11) is 0. The van der Waals surface area contributed by atoms with E-state index in [1.54, 1.807) is 13.1 Å². The molecule has 1 N–H and O–H groups in total. The predicted octanol–water partition coefficient (Wildman–Crippen LogP) is 1.67. The molecule has 0 aliphatic heterocycles.